The summed E-state index contributed by atoms with van der Waals surface area (Å²) >= 11 is 0. The number of nitrogens with zero attached hydrogens (tertiary/aromatic N) is 2. The summed E-state index contributed by atoms with van der Waals surface area (Å²) in [6, 6.07) is 8.83. The van der Waals surface area contributed by atoms with Crippen molar-refractivity contribution < 1.29 is 0 Å². The predicted octanol–water partition coefficient (Wildman–Crippen LogP) is 0.730. The van der Waals surface area contributed by atoms with Gasteiger partial charge < -0.3 is 10.6 Å². The second-order valence-corrected chi connectivity index (χ2v) is 5.84. The summed E-state index contributed by atoms with van der Waals surface area (Å²) in [5.74, 6) is 0. The van der Waals surface area contributed by atoms with Crippen molar-refractivity contribution in [3.63, 3.8) is 0 Å². The third kappa shape index (κ3) is 1.96. The first-order chi connectivity index (χ1) is 8.73. The Balaban J connectivity index is 1.81. The largest absolute Gasteiger partial charge is 0.329 e. The lowest BCUT2D eigenvalue weighted by Gasteiger charge is -2.45. The second-order valence-electron chi connectivity index (χ2n) is 5.84. The van der Waals surface area contributed by atoms with Crippen LogP contribution in [-0.2, 0) is 12.8 Å². The van der Waals surface area contributed by atoms with Gasteiger partial charge in [0.15, 0.2) is 0 Å². The van der Waals surface area contributed by atoms with E-state index in [9.17, 15) is 0 Å². The van der Waals surface area contributed by atoms with E-state index in [1.807, 2.05) is 0 Å². The Kier molecular flexibility index (Phi) is 3.14. The molecule has 3 heteroatoms. The maximum absolute atomic E-state index is 6.16. The third-order valence-electron chi connectivity index (χ3n) is 4.71. The molecule has 1 aromatic carbocycles. The first kappa shape index (κ1) is 12.2. The molecule has 3 nitrogen and oxygen atoms in total. The molecule has 18 heavy (non-hydrogen) atoms. The highest BCUT2D eigenvalue weighted by Gasteiger charge is 2.41. The van der Waals surface area contributed by atoms with Gasteiger partial charge in [-0.05, 0) is 31.0 Å². The summed E-state index contributed by atoms with van der Waals surface area (Å²) in [5.41, 5.74) is 9.35. The Bertz CT molecular complexity index is 397. The van der Waals surface area contributed by atoms with E-state index in [0.29, 0.717) is 0 Å². The van der Waals surface area contributed by atoms with Gasteiger partial charge in [-0.25, -0.2) is 0 Å². The summed E-state index contributed by atoms with van der Waals surface area (Å²) in [5, 5.41) is 0. The fraction of sp³-hybridized carbons (Fsp3) is 0.600. The standard InChI is InChI=1S/C15H23N3/c1-17-6-8-18(9-7-17)15(12-16)10-13-4-2-3-5-14(13)11-15/h2-5H,6-12,16H2,1H3. The van der Waals surface area contributed by atoms with Crippen LogP contribution in [0, 0.1) is 0 Å². The lowest BCUT2D eigenvalue weighted by atomic mass is 9.92. The Morgan fingerprint density at radius 1 is 1.06 bits per heavy atom. The molecule has 0 amide bonds. The lowest BCUT2D eigenvalue weighted by Crippen LogP contribution is -2.60. The molecule has 1 aliphatic carbocycles. The number of likely N-dealkylation sites (N-methyl/N-ethyl adjacent to an activating group) is 1. The molecule has 1 aromatic rings. The summed E-state index contributed by atoms with van der Waals surface area (Å²) in [4.78, 5) is 5.04. The van der Waals surface area contributed by atoms with Crippen LogP contribution in [-0.4, -0.2) is 55.1 Å². The van der Waals surface area contributed by atoms with Crippen molar-refractivity contribution in [3.8, 4) is 0 Å². The number of piperazine rings is 1. The molecule has 0 bridgehead atoms. The van der Waals surface area contributed by atoms with Crippen LogP contribution in [0.25, 0.3) is 0 Å². The van der Waals surface area contributed by atoms with Crippen molar-refractivity contribution >= 4 is 0 Å². The molecular formula is C15H23N3. The van der Waals surface area contributed by atoms with Crippen molar-refractivity contribution in [1.82, 2.24) is 9.80 Å². The summed E-state index contributed by atoms with van der Waals surface area (Å²) in [6.07, 6.45) is 2.26. The number of benzene rings is 1. The first-order valence-corrected chi connectivity index (χ1v) is 6.94. The Labute approximate surface area is 110 Å². The number of fused-ring (bicyclic) bond motifs is 1. The summed E-state index contributed by atoms with van der Waals surface area (Å²) in [6.45, 7) is 5.41. The van der Waals surface area contributed by atoms with Crippen molar-refractivity contribution in [2.24, 2.45) is 5.73 Å². The molecule has 1 aliphatic heterocycles. The van der Waals surface area contributed by atoms with E-state index >= 15 is 0 Å². The number of hydrogen-bond acceptors (Lipinski definition) is 3. The number of nitrogens with two attached hydrogens (primary N) is 1. The maximum atomic E-state index is 6.16. The van der Waals surface area contributed by atoms with Gasteiger partial charge in [-0.15, -0.1) is 0 Å². The van der Waals surface area contributed by atoms with Gasteiger partial charge in [0.25, 0.3) is 0 Å². The molecule has 1 fully saturated rings. The van der Waals surface area contributed by atoms with Gasteiger partial charge in [0, 0.05) is 38.3 Å². The SMILES string of the molecule is CN1CCN(C2(CN)Cc3ccccc3C2)CC1. The van der Waals surface area contributed by atoms with Gasteiger partial charge >= 0.3 is 0 Å². The van der Waals surface area contributed by atoms with Crippen LogP contribution in [0.1, 0.15) is 11.1 Å². The minimum atomic E-state index is 0.185. The molecule has 0 atom stereocenters. The third-order valence-corrected chi connectivity index (χ3v) is 4.71. The van der Waals surface area contributed by atoms with Crippen LogP contribution in [0.4, 0.5) is 0 Å². The molecular weight excluding hydrogens is 222 g/mol. The highest BCUT2D eigenvalue weighted by Crippen LogP contribution is 2.34. The molecule has 1 saturated heterocycles. The Morgan fingerprint density at radius 3 is 2.11 bits per heavy atom. The number of rotatable bonds is 2. The van der Waals surface area contributed by atoms with Gasteiger partial charge in [-0.1, -0.05) is 24.3 Å². The molecule has 2 N–H and O–H groups in total. The molecule has 0 spiro atoms. The molecule has 0 unspecified atom stereocenters. The fourth-order valence-corrected chi connectivity index (χ4v) is 3.45. The molecule has 0 saturated carbocycles. The smallest absolute Gasteiger partial charge is 0.0413 e. The first-order valence-electron chi connectivity index (χ1n) is 6.94. The van der Waals surface area contributed by atoms with Crippen molar-refractivity contribution in [3.05, 3.63) is 35.4 Å². The minimum absolute atomic E-state index is 0.185. The van der Waals surface area contributed by atoms with E-state index in [1.165, 1.54) is 11.1 Å². The van der Waals surface area contributed by atoms with Crippen LogP contribution in [0.15, 0.2) is 24.3 Å². The monoisotopic (exact) mass is 245 g/mol. The molecule has 1 heterocycles. The van der Waals surface area contributed by atoms with Crippen LogP contribution < -0.4 is 5.73 Å². The molecule has 98 valence electrons. The summed E-state index contributed by atoms with van der Waals surface area (Å²) in [7, 11) is 2.20. The van der Waals surface area contributed by atoms with Crippen molar-refractivity contribution in [1.29, 1.82) is 0 Å². The van der Waals surface area contributed by atoms with Crippen LogP contribution in [0.5, 0.6) is 0 Å². The zero-order chi connectivity index (χ0) is 12.6. The fourth-order valence-electron chi connectivity index (χ4n) is 3.45. The number of hydrogen-bond donors (Lipinski definition) is 1. The lowest BCUT2D eigenvalue weighted by molar-refractivity contribution is 0.0506. The van der Waals surface area contributed by atoms with Crippen LogP contribution >= 0.6 is 0 Å². The van der Waals surface area contributed by atoms with Crippen molar-refractivity contribution in [2.45, 2.75) is 18.4 Å². The second kappa shape index (κ2) is 4.65. The molecule has 0 aromatic heterocycles. The molecule has 2 aliphatic rings. The Morgan fingerprint density at radius 2 is 1.61 bits per heavy atom. The normalized spacial score (nSPS) is 24.1. The van der Waals surface area contributed by atoms with Gasteiger partial charge in [0.1, 0.15) is 0 Å². The van der Waals surface area contributed by atoms with Gasteiger partial charge in [-0.3, -0.25) is 4.90 Å². The van der Waals surface area contributed by atoms with Gasteiger partial charge in [-0.2, -0.15) is 0 Å². The van der Waals surface area contributed by atoms with Crippen LogP contribution in [0.3, 0.4) is 0 Å². The predicted molar refractivity (Wildman–Crippen MR) is 74.7 cm³/mol. The summed E-state index contributed by atoms with van der Waals surface area (Å²) < 4.78 is 0. The molecule has 0 radical (unpaired) electrons. The van der Waals surface area contributed by atoms with E-state index in [0.717, 1.165) is 45.6 Å². The van der Waals surface area contributed by atoms with Gasteiger partial charge in [0.05, 0.1) is 0 Å². The topological polar surface area (TPSA) is 32.5 Å². The zero-order valence-corrected chi connectivity index (χ0v) is 11.2. The highest BCUT2D eigenvalue weighted by atomic mass is 15.3. The minimum Gasteiger partial charge on any atom is -0.329 e. The average molecular weight is 245 g/mol. The average Bonchev–Trinajstić information content (AvgIpc) is 2.79. The highest BCUT2D eigenvalue weighted by molar-refractivity contribution is 5.36. The van der Waals surface area contributed by atoms with E-state index in [4.69, 9.17) is 5.73 Å². The van der Waals surface area contributed by atoms with Crippen LogP contribution in [0.2, 0.25) is 0 Å². The van der Waals surface area contributed by atoms with E-state index in [2.05, 4.69) is 41.1 Å². The van der Waals surface area contributed by atoms with E-state index in [1.54, 1.807) is 0 Å². The quantitative estimate of drug-likeness (QED) is 0.834. The van der Waals surface area contributed by atoms with Crippen molar-refractivity contribution in [2.75, 3.05) is 39.8 Å². The maximum Gasteiger partial charge on any atom is 0.0413 e. The zero-order valence-electron chi connectivity index (χ0n) is 11.2. The van der Waals surface area contributed by atoms with Gasteiger partial charge in [0.2, 0.25) is 0 Å². The molecule has 3 rings (SSSR count). The van der Waals surface area contributed by atoms with E-state index in [-0.39, 0.29) is 5.54 Å². The van der Waals surface area contributed by atoms with E-state index < -0.39 is 0 Å². The Hall–Kier alpha value is -0.900.